The van der Waals surface area contributed by atoms with Gasteiger partial charge in [-0.3, -0.25) is 4.98 Å². The summed E-state index contributed by atoms with van der Waals surface area (Å²) in [6.45, 7) is 0. The number of nitrogens with zero attached hydrogens (tertiary/aromatic N) is 1. The Morgan fingerprint density at radius 2 is 1.69 bits per heavy atom. The quantitative estimate of drug-likeness (QED) is 0.606. The Morgan fingerprint density at radius 1 is 1.00 bits per heavy atom. The fourth-order valence-electron chi connectivity index (χ4n) is 1.50. The number of pyridine rings is 1. The van der Waals surface area contributed by atoms with Crippen LogP contribution in [0, 0.1) is 0 Å². The molecule has 1 unspecified atom stereocenters. The van der Waals surface area contributed by atoms with Crippen molar-refractivity contribution in [1.29, 1.82) is 0 Å². The minimum atomic E-state index is -0.770. The summed E-state index contributed by atoms with van der Waals surface area (Å²) < 4.78 is 0. The van der Waals surface area contributed by atoms with Gasteiger partial charge in [0.15, 0.2) is 0 Å². The van der Waals surface area contributed by atoms with Crippen LogP contribution in [0.15, 0.2) is 54.7 Å². The van der Waals surface area contributed by atoms with Crippen molar-refractivity contribution in [2.75, 3.05) is 0 Å². The summed E-state index contributed by atoms with van der Waals surface area (Å²) in [5.74, 6) is 0. The first-order valence-corrected chi connectivity index (χ1v) is 4.97. The summed E-state index contributed by atoms with van der Waals surface area (Å²) >= 11 is 0. The second kappa shape index (κ2) is 6.81. The maximum Gasteiger partial charge on any atom is 1.00 e. The van der Waals surface area contributed by atoms with Crippen LogP contribution in [0.1, 0.15) is 17.4 Å². The molecule has 2 nitrogen and oxygen atoms in total. The molecule has 16 heavy (non-hydrogen) atoms. The van der Waals surface area contributed by atoms with Gasteiger partial charge in [0, 0.05) is 11.9 Å². The largest absolute Gasteiger partial charge is 1.00 e. The van der Waals surface area contributed by atoms with Crippen LogP contribution >= 0.6 is 0 Å². The van der Waals surface area contributed by atoms with Gasteiger partial charge in [0.25, 0.3) is 0 Å². The van der Waals surface area contributed by atoms with Crippen LogP contribution < -0.4 is 34.7 Å². The number of aromatic nitrogens is 1. The smallest absolute Gasteiger partial charge is 0.847 e. The molecular weight excluding hydrogens is 209 g/mol. The van der Waals surface area contributed by atoms with Gasteiger partial charge in [0.2, 0.25) is 0 Å². The van der Waals surface area contributed by atoms with Crippen molar-refractivity contribution < 1.29 is 34.7 Å². The molecule has 1 atom stereocenters. The average molecular weight is 221 g/mol. The van der Waals surface area contributed by atoms with E-state index in [2.05, 4.69) is 4.98 Å². The van der Waals surface area contributed by atoms with Gasteiger partial charge >= 0.3 is 29.6 Å². The van der Waals surface area contributed by atoms with Crippen molar-refractivity contribution in [3.05, 3.63) is 66.0 Å². The van der Waals surface area contributed by atoms with E-state index in [9.17, 15) is 5.11 Å². The van der Waals surface area contributed by atoms with Crippen LogP contribution in [0.2, 0.25) is 0 Å². The van der Waals surface area contributed by atoms with Gasteiger partial charge in [0.1, 0.15) is 0 Å². The fraction of sp³-hybridized carbons (Fsp3) is 0.154. The maximum absolute atomic E-state index is 11.8. The van der Waals surface area contributed by atoms with E-state index in [1.165, 1.54) is 0 Å². The molecule has 1 aromatic heterocycles. The molecule has 0 fully saturated rings. The number of hydrogen-bond acceptors (Lipinski definition) is 2. The first-order valence-electron chi connectivity index (χ1n) is 4.97. The van der Waals surface area contributed by atoms with Crippen molar-refractivity contribution in [3.63, 3.8) is 0 Å². The van der Waals surface area contributed by atoms with Gasteiger partial charge in [-0.15, -0.1) is 0 Å². The molecule has 0 radical (unpaired) electrons. The molecule has 0 amide bonds. The van der Waals surface area contributed by atoms with E-state index in [1.807, 2.05) is 42.5 Å². The van der Waals surface area contributed by atoms with Crippen LogP contribution in [0.5, 0.6) is 0 Å². The molecule has 0 bridgehead atoms. The van der Waals surface area contributed by atoms with Crippen LogP contribution in [0.3, 0.4) is 0 Å². The molecule has 0 aliphatic carbocycles. The van der Waals surface area contributed by atoms with E-state index in [0.29, 0.717) is 12.1 Å². The second-order valence-corrected chi connectivity index (χ2v) is 3.43. The molecule has 0 saturated heterocycles. The van der Waals surface area contributed by atoms with Gasteiger partial charge in [-0.05, 0) is 24.1 Å². The minimum Gasteiger partial charge on any atom is -0.847 e. The topological polar surface area (TPSA) is 36.0 Å². The van der Waals surface area contributed by atoms with Crippen molar-refractivity contribution in [2.45, 2.75) is 12.5 Å². The van der Waals surface area contributed by atoms with Gasteiger partial charge in [-0.1, -0.05) is 42.5 Å². The molecule has 0 aliphatic heterocycles. The molecule has 2 rings (SSSR count). The molecule has 3 heteroatoms. The summed E-state index contributed by atoms with van der Waals surface area (Å²) in [7, 11) is 0. The van der Waals surface area contributed by atoms with Crippen molar-refractivity contribution in [2.24, 2.45) is 0 Å². The third kappa shape index (κ3) is 3.72. The Morgan fingerprint density at radius 3 is 2.31 bits per heavy atom. The third-order valence-corrected chi connectivity index (χ3v) is 2.28. The Hall–Kier alpha value is -0.670. The minimum absolute atomic E-state index is 0. The molecule has 0 saturated carbocycles. The van der Waals surface area contributed by atoms with Gasteiger partial charge in [-0.2, -0.15) is 0 Å². The summed E-state index contributed by atoms with van der Waals surface area (Å²) in [6.07, 6.45) is 1.39. The predicted octanol–water partition coefficient (Wildman–Crippen LogP) is -1.27. The Bertz CT molecular complexity index is 405. The second-order valence-electron chi connectivity index (χ2n) is 3.43. The normalized spacial score (nSPS) is 11.6. The van der Waals surface area contributed by atoms with Crippen LogP contribution in [0.25, 0.3) is 0 Å². The summed E-state index contributed by atoms with van der Waals surface area (Å²) in [5.41, 5.74) is 1.67. The maximum atomic E-state index is 11.8. The van der Waals surface area contributed by atoms with E-state index in [0.717, 1.165) is 5.56 Å². The Labute approximate surface area is 118 Å². The molecule has 1 aromatic carbocycles. The zero-order valence-corrected chi connectivity index (χ0v) is 11.3. The first-order chi connectivity index (χ1) is 7.36. The van der Waals surface area contributed by atoms with Gasteiger partial charge in [0.05, 0.1) is 0 Å². The van der Waals surface area contributed by atoms with E-state index in [-0.39, 0.29) is 29.6 Å². The SMILES string of the molecule is [Na+].[O-]C(Cc1ccccc1)c1ccccn1. The average Bonchev–Trinajstić information content (AvgIpc) is 2.31. The summed E-state index contributed by atoms with van der Waals surface area (Å²) in [6, 6.07) is 15.2. The molecule has 0 N–H and O–H groups in total. The van der Waals surface area contributed by atoms with Crippen molar-refractivity contribution in [3.8, 4) is 0 Å². The molecule has 0 aliphatic rings. The van der Waals surface area contributed by atoms with Crippen LogP contribution in [0.4, 0.5) is 0 Å². The Kier molecular flexibility index (Phi) is 5.71. The summed E-state index contributed by atoms with van der Waals surface area (Å²) in [5, 5.41) is 11.8. The van der Waals surface area contributed by atoms with E-state index in [4.69, 9.17) is 0 Å². The van der Waals surface area contributed by atoms with Crippen LogP contribution in [-0.2, 0) is 6.42 Å². The molecule has 2 aromatic rings. The monoisotopic (exact) mass is 221 g/mol. The summed E-state index contributed by atoms with van der Waals surface area (Å²) in [4.78, 5) is 4.06. The number of hydrogen-bond donors (Lipinski definition) is 0. The zero-order chi connectivity index (χ0) is 10.5. The number of rotatable bonds is 3. The van der Waals surface area contributed by atoms with Crippen molar-refractivity contribution >= 4 is 0 Å². The zero-order valence-electron chi connectivity index (χ0n) is 9.34. The van der Waals surface area contributed by atoms with Gasteiger partial charge < -0.3 is 5.11 Å². The first kappa shape index (κ1) is 13.4. The Balaban J connectivity index is 0.00000128. The molecule has 1 heterocycles. The fourth-order valence-corrected chi connectivity index (χ4v) is 1.50. The predicted molar refractivity (Wildman–Crippen MR) is 57.1 cm³/mol. The van der Waals surface area contributed by atoms with Gasteiger partial charge in [-0.25, -0.2) is 0 Å². The number of benzene rings is 1. The molecule has 76 valence electrons. The molecule has 0 spiro atoms. The standard InChI is InChI=1S/C13H12NO.Na/c15-13(12-8-4-5-9-14-12)10-11-6-2-1-3-7-11;/h1-9,13H,10H2;/q-1;+1. The third-order valence-electron chi connectivity index (χ3n) is 2.28. The van der Waals surface area contributed by atoms with E-state index >= 15 is 0 Å². The van der Waals surface area contributed by atoms with E-state index in [1.54, 1.807) is 12.3 Å². The van der Waals surface area contributed by atoms with Crippen molar-refractivity contribution in [1.82, 2.24) is 4.98 Å². The van der Waals surface area contributed by atoms with E-state index < -0.39 is 6.10 Å². The van der Waals surface area contributed by atoms with Crippen LogP contribution in [-0.4, -0.2) is 4.98 Å². The molecular formula is C13H12NNaO.